The van der Waals surface area contributed by atoms with Crippen LogP contribution in [0.2, 0.25) is 0 Å². The second-order valence-electron chi connectivity index (χ2n) is 22.1. The lowest BCUT2D eigenvalue weighted by molar-refractivity contribution is -0.870. The third-order valence-corrected chi connectivity index (χ3v) is 14.8. The Labute approximate surface area is 436 Å². The lowest BCUT2D eigenvalue weighted by Crippen LogP contribution is -2.45. The number of hydrogen-bond donors (Lipinski definition) is 3. The van der Waals surface area contributed by atoms with Crippen molar-refractivity contribution in [2.24, 2.45) is 0 Å². The van der Waals surface area contributed by atoms with Gasteiger partial charge in [0.2, 0.25) is 5.91 Å². The summed E-state index contributed by atoms with van der Waals surface area (Å²) < 4.78 is 23.7. The van der Waals surface area contributed by atoms with Crippen LogP contribution >= 0.6 is 7.82 Å². The summed E-state index contributed by atoms with van der Waals surface area (Å²) in [5.74, 6) is -0.185. The molecule has 0 aliphatic rings. The molecule has 3 unspecified atom stereocenters. The number of amides is 1. The van der Waals surface area contributed by atoms with Crippen molar-refractivity contribution >= 4 is 13.7 Å². The molecule has 0 aromatic heterocycles. The molecule has 0 saturated heterocycles. The Kier molecular flexibility index (Phi) is 51.6. The highest BCUT2D eigenvalue weighted by Gasteiger charge is 2.27. The zero-order valence-corrected chi connectivity index (χ0v) is 48.2. The van der Waals surface area contributed by atoms with Crippen LogP contribution in [-0.4, -0.2) is 73.4 Å². The van der Waals surface area contributed by atoms with E-state index in [1.807, 2.05) is 27.2 Å². The lowest BCUT2D eigenvalue weighted by atomic mass is 10.0. The summed E-state index contributed by atoms with van der Waals surface area (Å²) in [5.41, 5.74) is 0. The van der Waals surface area contributed by atoms with Gasteiger partial charge in [0.05, 0.1) is 39.9 Å². The maximum atomic E-state index is 13.0. The zero-order valence-electron chi connectivity index (χ0n) is 47.3. The summed E-state index contributed by atoms with van der Waals surface area (Å²) in [7, 11) is 1.56. The summed E-state index contributed by atoms with van der Waals surface area (Å²) in [6.45, 7) is 4.83. The number of phosphoric acid groups is 1. The van der Waals surface area contributed by atoms with Crippen molar-refractivity contribution in [1.82, 2.24) is 5.32 Å². The van der Waals surface area contributed by atoms with Gasteiger partial charge in [-0.05, 0) is 44.9 Å². The molecule has 9 heteroatoms. The molecular formula is C61H120N2O6P+. The van der Waals surface area contributed by atoms with E-state index in [1.165, 1.54) is 231 Å². The van der Waals surface area contributed by atoms with Crippen LogP contribution in [0.15, 0.2) is 36.5 Å². The standard InChI is InChI=1S/C61H119N2O6P/c1-6-8-10-12-14-16-18-20-22-24-26-28-30-31-33-34-36-38-40-42-44-46-48-50-52-54-60(64)59(58-69-70(66,67)68-57-56-63(3,4)5)62-61(65)55-53-51-49-47-45-43-41-39-37-35-32-29-27-25-23-21-19-17-15-13-11-9-7-2/h36,38,44,46,52,54,59-60,64H,6-35,37,39-43,45,47-51,53,55-58H2,1-5H3,(H-,62,65,66,67)/p+1/b38-36+,46-44+,54-52+. The Balaban J connectivity index is 4.23. The fraction of sp³-hybridized carbons (Fsp3) is 0.885. The predicted octanol–water partition coefficient (Wildman–Crippen LogP) is 18.5. The van der Waals surface area contributed by atoms with Gasteiger partial charge in [0.1, 0.15) is 13.2 Å². The Morgan fingerprint density at radius 1 is 0.471 bits per heavy atom. The number of nitrogens with one attached hydrogen (secondary N) is 1. The van der Waals surface area contributed by atoms with Crippen LogP contribution < -0.4 is 5.32 Å². The molecule has 0 aromatic carbocycles. The summed E-state index contributed by atoms with van der Waals surface area (Å²) in [5, 5.41) is 13.9. The highest BCUT2D eigenvalue weighted by atomic mass is 31.2. The molecule has 0 aliphatic heterocycles. The molecule has 0 saturated carbocycles. The monoisotopic (exact) mass is 1010 g/mol. The average Bonchev–Trinajstić information content (AvgIpc) is 3.32. The van der Waals surface area contributed by atoms with E-state index in [-0.39, 0.29) is 19.1 Å². The first-order valence-electron chi connectivity index (χ1n) is 30.4. The SMILES string of the molecule is CCCCCCCCCCCCCCCCC/C=C/CC/C=C/CC/C=C/C(O)C(COP(=O)(O)OCC[N+](C)(C)C)NC(=O)CCCCCCCCCCCCCCCCCCCCCCCCC. The highest BCUT2D eigenvalue weighted by Crippen LogP contribution is 2.43. The van der Waals surface area contributed by atoms with Crippen LogP contribution in [-0.2, 0) is 18.4 Å². The molecule has 0 aliphatic carbocycles. The Morgan fingerprint density at radius 3 is 1.14 bits per heavy atom. The Hall–Kier alpha value is -1.28. The summed E-state index contributed by atoms with van der Waals surface area (Å²) in [4.78, 5) is 23.3. The largest absolute Gasteiger partial charge is 0.472 e. The third-order valence-electron chi connectivity index (χ3n) is 13.8. The van der Waals surface area contributed by atoms with Gasteiger partial charge in [-0.25, -0.2) is 4.57 Å². The minimum atomic E-state index is -4.36. The number of unbranched alkanes of at least 4 members (excludes halogenated alkanes) is 39. The maximum Gasteiger partial charge on any atom is 0.472 e. The van der Waals surface area contributed by atoms with E-state index in [1.54, 1.807) is 6.08 Å². The Morgan fingerprint density at radius 2 is 0.786 bits per heavy atom. The number of aliphatic hydroxyl groups excluding tert-OH is 1. The molecule has 0 spiro atoms. The summed E-state index contributed by atoms with van der Waals surface area (Å²) in [6, 6.07) is -0.868. The fourth-order valence-corrected chi connectivity index (χ4v) is 9.81. The van der Waals surface area contributed by atoms with Crippen LogP contribution in [0.4, 0.5) is 0 Å². The van der Waals surface area contributed by atoms with E-state index in [2.05, 4.69) is 43.5 Å². The number of likely N-dealkylation sites (N-methyl/N-ethyl adjacent to an activating group) is 1. The second kappa shape index (κ2) is 52.6. The highest BCUT2D eigenvalue weighted by molar-refractivity contribution is 7.47. The Bertz CT molecular complexity index is 1230. The van der Waals surface area contributed by atoms with Crippen molar-refractivity contribution in [1.29, 1.82) is 0 Å². The van der Waals surface area contributed by atoms with E-state index in [4.69, 9.17) is 9.05 Å². The predicted molar refractivity (Wildman–Crippen MR) is 304 cm³/mol. The van der Waals surface area contributed by atoms with E-state index in [0.29, 0.717) is 17.4 Å². The number of aliphatic hydroxyl groups is 1. The minimum Gasteiger partial charge on any atom is -0.387 e. The number of quaternary nitrogens is 1. The van der Waals surface area contributed by atoms with Gasteiger partial charge in [-0.2, -0.15) is 0 Å². The molecule has 1 amide bonds. The van der Waals surface area contributed by atoms with Crippen molar-refractivity contribution in [3.8, 4) is 0 Å². The molecular weight excluding hydrogens is 888 g/mol. The van der Waals surface area contributed by atoms with Gasteiger partial charge in [0.15, 0.2) is 0 Å². The van der Waals surface area contributed by atoms with Crippen molar-refractivity contribution < 1.29 is 32.9 Å². The van der Waals surface area contributed by atoms with E-state index in [0.717, 1.165) is 44.9 Å². The number of rotatable bonds is 56. The molecule has 3 atom stereocenters. The van der Waals surface area contributed by atoms with Crippen molar-refractivity contribution in [2.75, 3.05) is 40.9 Å². The fourth-order valence-electron chi connectivity index (χ4n) is 9.08. The first-order valence-corrected chi connectivity index (χ1v) is 31.9. The smallest absolute Gasteiger partial charge is 0.387 e. The quantitative estimate of drug-likeness (QED) is 0.0243. The first kappa shape index (κ1) is 68.7. The van der Waals surface area contributed by atoms with Crippen molar-refractivity contribution in [3.05, 3.63) is 36.5 Å². The number of hydrogen-bond acceptors (Lipinski definition) is 5. The molecule has 0 radical (unpaired) electrons. The van der Waals surface area contributed by atoms with Gasteiger partial charge in [-0.1, -0.05) is 281 Å². The van der Waals surface area contributed by atoms with Gasteiger partial charge in [-0.15, -0.1) is 0 Å². The number of phosphoric ester groups is 1. The molecule has 414 valence electrons. The van der Waals surface area contributed by atoms with E-state index < -0.39 is 20.0 Å². The van der Waals surface area contributed by atoms with Crippen LogP contribution in [0.5, 0.6) is 0 Å². The number of nitrogens with zero attached hydrogens (tertiary/aromatic N) is 1. The first-order chi connectivity index (χ1) is 34.0. The second-order valence-corrected chi connectivity index (χ2v) is 23.5. The van der Waals surface area contributed by atoms with Gasteiger partial charge in [-0.3, -0.25) is 13.8 Å². The van der Waals surface area contributed by atoms with Crippen LogP contribution in [0.3, 0.4) is 0 Å². The molecule has 8 nitrogen and oxygen atoms in total. The summed E-state index contributed by atoms with van der Waals surface area (Å²) in [6.07, 6.45) is 68.3. The molecule has 0 heterocycles. The van der Waals surface area contributed by atoms with Crippen LogP contribution in [0.25, 0.3) is 0 Å². The molecule has 3 N–H and O–H groups in total. The molecule has 70 heavy (non-hydrogen) atoms. The van der Waals surface area contributed by atoms with E-state index in [9.17, 15) is 19.4 Å². The van der Waals surface area contributed by atoms with Gasteiger partial charge in [0.25, 0.3) is 0 Å². The van der Waals surface area contributed by atoms with Gasteiger partial charge < -0.3 is 19.8 Å². The van der Waals surface area contributed by atoms with E-state index >= 15 is 0 Å². The molecule has 0 rings (SSSR count). The topological polar surface area (TPSA) is 105 Å². The molecule has 0 fully saturated rings. The zero-order chi connectivity index (χ0) is 51.3. The number of carbonyl (C=O) groups excluding carboxylic acids is 1. The number of allylic oxidation sites excluding steroid dienone is 5. The normalized spacial score (nSPS) is 14.1. The average molecular weight is 1010 g/mol. The maximum absolute atomic E-state index is 13.0. The minimum absolute atomic E-state index is 0.0552. The van der Waals surface area contributed by atoms with Gasteiger partial charge in [0, 0.05) is 6.42 Å². The lowest BCUT2D eigenvalue weighted by Gasteiger charge is -2.25. The van der Waals surface area contributed by atoms with Crippen LogP contribution in [0, 0.1) is 0 Å². The summed E-state index contributed by atoms with van der Waals surface area (Å²) >= 11 is 0. The third kappa shape index (κ3) is 54.5. The van der Waals surface area contributed by atoms with Gasteiger partial charge >= 0.3 is 7.82 Å². The van der Waals surface area contributed by atoms with Crippen LogP contribution in [0.1, 0.15) is 296 Å². The van der Waals surface area contributed by atoms with Crippen molar-refractivity contribution in [2.45, 2.75) is 309 Å². The molecule has 0 bridgehead atoms. The van der Waals surface area contributed by atoms with Crippen molar-refractivity contribution in [3.63, 3.8) is 0 Å². The number of carbonyl (C=O) groups is 1. The molecule has 0 aromatic rings.